The van der Waals surface area contributed by atoms with Gasteiger partial charge < -0.3 is 20.9 Å². The SMILES string of the molecule is COC(=O)NC1CCN(Cc2cc(N)ccc2O)C1. The topological polar surface area (TPSA) is 87.8 Å². The highest BCUT2D eigenvalue weighted by Gasteiger charge is 2.24. The molecule has 1 amide bonds. The van der Waals surface area contributed by atoms with Crippen LogP contribution in [-0.4, -0.2) is 42.3 Å². The molecule has 1 heterocycles. The molecule has 1 aromatic carbocycles. The van der Waals surface area contributed by atoms with E-state index in [1.54, 1.807) is 18.2 Å². The minimum Gasteiger partial charge on any atom is -0.508 e. The van der Waals surface area contributed by atoms with Gasteiger partial charge in [0.15, 0.2) is 0 Å². The summed E-state index contributed by atoms with van der Waals surface area (Å²) >= 11 is 0. The molecule has 4 N–H and O–H groups in total. The second-order valence-electron chi connectivity index (χ2n) is 4.74. The zero-order chi connectivity index (χ0) is 13.8. The fraction of sp³-hybridized carbons (Fsp3) is 0.462. The number of methoxy groups -OCH3 is 1. The fourth-order valence-electron chi connectivity index (χ4n) is 2.29. The van der Waals surface area contributed by atoms with Gasteiger partial charge in [-0.05, 0) is 24.6 Å². The predicted molar refractivity (Wildman–Crippen MR) is 71.7 cm³/mol. The smallest absolute Gasteiger partial charge is 0.407 e. The van der Waals surface area contributed by atoms with Crippen molar-refractivity contribution in [3.8, 4) is 5.75 Å². The van der Waals surface area contributed by atoms with Gasteiger partial charge in [0, 0.05) is 36.9 Å². The maximum atomic E-state index is 11.1. The molecule has 0 aliphatic carbocycles. The number of phenolic OH excluding ortho intramolecular Hbond substituents is 1. The number of nitrogen functional groups attached to an aromatic ring is 1. The number of hydrogen-bond acceptors (Lipinski definition) is 5. The van der Waals surface area contributed by atoms with Crippen molar-refractivity contribution in [3.63, 3.8) is 0 Å². The number of rotatable bonds is 3. The molecule has 104 valence electrons. The second kappa shape index (κ2) is 5.79. The van der Waals surface area contributed by atoms with E-state index in [1.165, 1.54) is 7.11 Å². The Morgan fingerprint density at radius 3 is 3.16 bits per heavy atom. The van der Waals surface area contributed by atoms with Gasteiger partial charge in [0.2, 0.25) is 0 Å². The number of amides is 1. The minimum atomic E-state index is -0.404. The Morgan fingerprint density at radius 1 is 1.63 bits per heavy atom. The van der Waals surface area contributed by atoms with Crippen LogP contribution in [0.25, 0.3) is 0 Å². The average Bonchev–Trinajstić information content (AvgIpc) is 2.81. The summed E-state index contributed by atoms with van der Waals surface area (Å²) in [7, 11) is 1.35. The van der Waals surface area contributed by atoms with Crippen LogP contribution in [0, 0.1) is 0 Å². The molecule has 0 spiro atoms. The summed E-state index contributed by atoms with van der Waals surface area (Å²) in [5.74, 6) is 0.249. The molecule has 1 aliphatic rings. The lowest BCUT2D eigenvalue weighted by atomic mass is 10.1. The molecule has 6 nitrogen and oxygen atoms in total. The summed E-state index contributed by atoms with van der Waals surface area (Å²) in [6.07, 6.45) is 0.469. The van der Waals surface area contributed by atoms with Crippen molar-refractivity contribution in [1.29, 1.82) is 0 Å². The molecule has 1 saturated heterocycles. The Kier molecular flexibility index (Phi) is 4.11. The number of carbonyl (C=O) groups excluding carboxylic acids is 1. The van der Waals surface area contributed by atoms with Crippen LogP contribution >= 0.6 is 0 Å². The highest BCUT2D eigenvalue weighted by molar-refractivity contribution is 5.67. The van der Waals surface area contributed by atoms with Crippen molar-refractivity contribution >= 4 is 11.8 Å². The van der Waals surface area contributed by atoms with Gasteiger partial charge in [-0.3, -0.25) is 4.90 Å². The van der Waals surface area contributed by atoms with Gasteiger partial charge in [-0.15, -0.1) is 0 Å². The summed E-state index contributed by atoms with van der Waals surface area (Å²) in [4.78, 5) is 13.3. The van der Waals surface area contributed by atoms with Crippen molar-refractivity contribution in [2.45, 2.75) is 19.0 Å². The van der Waals surface area contributed by atoms with Gasteiger partial charge in [-0.25, -0.2) is 4.79 Å². The standard InChI is InChI=1S/C13H19N3O3/c1-19-13(18)15-11-4-5-16(8-11)7-9-6-10(14)2-3-12(9)17/h2-3,6,11,17H,4-5,7-8,14H2,1H3,(H,15,18). The van der Waals surface area contributed by atoms with Crippen LogP contribution in [0.5, 0.6) is 5.75 Å². The molecular formula is C13H19N3O3. The molecule has 1 aromatic rings. The lowest BCUT2D eigenvalue weighted by Gasteiger charge is -2.17. The predicted octanol–water partition coefficient (Wildman–Crippen LogP) is 0.905. The average molecular weight is 265 g/mol. The number of alkyl carbamates (subject to hydrolysis) is 1. The van der Waals surface area contributed by atoms with Crippen molar-refractivity contribution < 1.29 is 14.6 Å². The Morgan fingerprint density at radius 2 is 2.42 bits per heavy atom. The Bertz CT molecular complexity index is 464. The van der Waals surface area contributed by atoms with Gasteiger partial charge in [-0.1, -0.05) is 0 Å². The van der Waals surface area contributed by atoms with Crippen molar-refractivity contribution in [3.05, 3.63) is 23.8 Å². The van der Waals surface area contributed by atoms with E-state index in [2.05, 4.69) is 15.0 Å². The molecular weight excluding hydrogens is 246 g/mol. The Labute approximate surface area is 112 Å². The van der Waals surface area contributed by atoms with Crippen LogP contribution in [0.3, 0.4) is 0 Å². The molecule has 6 heteroatoms. The van der Waals surface area contributed by atoms with Gasteiger partial charge in [0.1, 0.15) is 5.75 Å². The Hall–Kier alpha value is -1.95. The van der Waals surface area contributed by atoms with Gasteiger partial charge in [-0.2, -0.15) is 0 Å². The summed E-state index contributed by atoms with van der Waals surface area (Å²) in [6.45, 7) is 2.22. The molecule has 0 bridgehead atoms. The number of anilines is 1. The first-order valence-corrected chi connectivity index (χ1v) is 6.22. The number of benzene rings is 1. The third-order valence-electron chi connectivity index (χ3n) is 3.28. The van der Waals surface area contributed by atoms with E-state index in [9.17, 15) is 9.90 Å². The first-order chi connectivity index (χ1) is 9.08. The number of aromatic hydroxyl groups is 1. The van der Waals surface area contributed by atoms with Crippen LogP contribution in [0.4, 0.5) is 10.5 Å². The molecule has 0 radical (unpaired) electrons. The monoisotopic (exact) mass is 265 g/mol. The zero-order valence-electron chi connectivity index (χ0n) is 10.9. The number of nitrogens with two attached hydrogens (primary N) is 1. The number of nitrogens with one attached hydrogen (secondary N) is 1. The molecule has 2 rings (SSSR count). The summed E-state index contributed by atoms with van der Waals surface area (Å²) in [5.41, 5.74) is 7.15. The largest absolute Gasteiger partial charge is 0.508 e. The molecule has 1 fully saturated rings. The van der Waals surface area contributed by atoms with Gasteiger partial charge in [0.25, 0.3) is 0 Å². The van der Waals surface area contributed by atoms with E-state index in [-0.39, 0.29) is 11.8 Å². The van der Waals surface area contributed by atoms with E-state index in [0.29, 0.717) is 12.2 Å². The molecule has 1 atom stereocenters. The zero-order valence-corrected chi connectivity index (χ0v) is 10.9. The maximum absolute atomic E-state index is 11.1. The van der Waals surface area contributed by atoms with Crippen LogP contribution < -0.4 is 11.1 Å². The highest BCUT2D eigenvalue weighted by Crippen LogP contribution is 2.23. The lowest BCUT2D eigenvalue weighted by Crippen LogP contribution is -2.36. The van der Waals surface area contributed by atoms with Crippen molar-refractivity contribution in [1.82, 2.24) is 10.2 Å². The molecule has 1 unspecified atom stereocenters. The summed E-state index contributed by atoms with van der Waals surface area (Å²) in [6, 6.07) is 5.14. The number of carbonyl (C=O) groups is 1. The molecule has 19 heavy (non-hydrogen) atoms. The first kappa shape index (κ1) is 13.5. The lowest BCUT2D eigenvalue weighted by molar-refractivity contribution is 0.166. The van der Waals surface area contributed by atoms with Gasteiger partial charge >= 0.3 is 6.09 Å². The molecule has 0 aromatic heterocycles. The summed E-state index contributed by atoms with van der Waals surface area (Å²) < 4.78 is 4.58. The first-order valence-electron chi connectivity index (χ1n) is 6.22. The van der Waals surface area contributed by atoms with E-state index < -0.39 is 6.09 Å². The van der Waals surface area contributed by atoms with Crippen molar-refractivity contribution in [2.75, 3.05) is 25.9 Å². The van der Waals surface area contributed by atoms with Crippen molar-refractivity contribution in [2.24, 2.45) is 0 Å². The third kappa shape index (κ3) is 3.51. The third-order valence-corrected chi connectivity index (χ3v) is 3.28. The highest BCUT2D eigenvalue weighted by atomic mass is 16.5. The quantitative estimate of drug-likeness (QED) is 0.558. The second-order valence-corrected chi connectivity index (χ2v) is 4.74. The van der Waals surface area contributed by atoms with E-state index in [4.69, 9.17) is 5.73 Å². The van der Waals surface area contributed by atoms with E-state index >= 15 is 0 Å². The number of hydrogen-bond donors (Lipinski definition) is 3. The normalized spacial score (nSPS) is 19.3. The van der Waals surface area contributed by atoms with E-state index in [1.807, 2.05) is 0 Å². The van der Waals surface area contributed by atoms with Gasteiger partial charge in [0.05, 0.1) is 7.11 Å². The number of ether oxygens (including phenoxy) is 1. The van der Waals surface area contributed by atoms with Crippen LogP contribution in [0.1, 0.15) is 12.0 Å². The number of likely N-dealkylation sites (tertiary alicyclic amines) is 1. The van der Waals surface area contributed by atoms with Crippen LogP contribution in [0.2, 0.25) is 0 Å². The Balaban J connectivity index is 1.91. The van der Waals surface area contributed by atoms with Crippen LogP contribution in [0.15, 0.2) is 18.2 Å². The number of phenols is 1. The van der Waals surface area contributed by atoms with Crippen LogP contribution in [-0.2, 0) is 11.3 Å². The number of nitrogens with zero attached hydrogens (tertiary/aromatic N) is 1. The minimum absolute atomic E-state index is 0.0932. The summed E-state index contributed by atoms with van der Waals surface area (Å²) in [5, 5.41) is 12.6. The maximum Gasteiger partial charge on any atom is 0.407 e. The molecule has 1 aliphatic heterocycles. The fourth-order valence-corrected chi connectivity index (χ4v) is 2.29. The van der Waals surface area contributed by atoms with E-state index in [0.717, 1.165) is 25.1 Å². The molecule has 0 saturated carbocycles.